The Morgan fingerprint density at radius 2 is 2.21 bits per heavy atom. The Labute approximate surface area is 99.2 Å². The fourth-order valence-corrected chi connectivity index (χ4v) is 1.83. The van der Waals surface area contributed by atoms with Crippen molar-refractivity contribution in [3.05, 3.63) is 33.4 Å². The molecule has 0 aliphatic carbocycles. The number of hydrogen-bond acceptors (Lipinski definition) is 2. The van der Waals surface area contributed by atoms with Gasteiger partial charge >= 0.3 is 0 Å². The quantitative estimate of drug-likeness (QED) is 0.642. The van der Waals surface area contributed by atoms with Crippen LogP contribution in [0.25, 0.3) is 0 Å². The van der Waals surface area contributed by atoms with Crippen LogP contribution in [0.3, 0.4) is 0 Å². The Morgan fingerprint density at radius 3 is 2.93 bits per heavy atom. The SMILES string of the molecule is COCCNCCc1cccc(I)c1. The van der Waals surface area contributed by atoms with Gasteiger partial charge in [0.2, 0.25) is 0 Å². The van der Waals surface area contributed by atoms with Crippen LogP contribution in [0.1, 0.15) is 5.56 Å². The molecule has 0 unspecified atom stereocenters. The minimum Gasteiger partial charge on any atom is -0.383 e. The Balaban J connectivity index is 2.18. The molecule has 0 bridgehead atoms. The summed E-state index contributed by atoms with van der Waals surface area (Å²) in [5.41, 5.74) is 1.39. The summed E-state index contributed by atoms with van der Waals surface area (Å²) in [6, 6.07) is 8.60. The van der Waals surface area contributed by atoms with Gasteiger partial charge < -0.3 is 10.1 Å². The van der Waals surface area contributed by atoms with Gasteiger partial charge in [0.1, 0.15) is 0 Å². The highest BCUT2D eigenvalue weighted by Crippen LogP contribution is 2.07. The van der Waals surface area contributed by atoms with Crippen LogP contribution in [0.4, 0.5) is 0 Å². The molecule has 0 spiro atoms. The average Bonchev–Trinajstić information content (AvgIpc) is 2.18. The third-order valence-corrected chi connectivity index (χ3v) is 2.63. The van der Waals surface area contributed by atoms with Crippen LogP contribution in [-0.4, -0.2) is 26.8 Å². The molecule has 1 aromatic carbocycles. The van der Waals surface area contributed by atoms with Crippen LogP contribution in [0, 0.1) is 3.57 Å². The minimum absolute atomic E-state index is 0.784. The fourth-order valence-electron chi connectivity index (χ4n) is 1.22. The molecule has 0 heterocycles. The molecule has 0 amide bonds. The van der Waals surface area contributed by atoms with Crippen molar-refractivity contribution in [2.45, 2.75) is 6.42 Å². The fraction of sp³-hybridized carbons (Fsp3) is 0.455. The van der Waals surface area contributed by atoms with Crippen LogP contribution in [0.15, 0.2) is 24.3 Å². The summed E-state index contributed by atoms with van der Waals surface area (Å²) in [5, 5.41) is 3.33. The summed E-state index contributed by atoms with van der Waals surface area (Å²) in [7, 11) is 1.72. The Kier molecular flexibility index (Phi) is 6.14. The van der Waals surface area contributed by atoms with E-state index in [2.05, 4.69) is 52.2 Å². The lowest BCUT2D eigenvalue weighted by atomic mass is 10.1. The van der Waals surface area contributed by atoms with Gasteiger partial charge in [-0.25, -0.2) is 0 Å². The number of nitrogens with one attached hydrogen (secondary N) is 1. The van der Waals surface area contributed by atoms with Crippen molar-refractivity contribution in [1.29, 1.82) is 0 Å². The average molecular weight is 305 g/mol. The molecule has 0 aliphatic rings. The molecule has 14 heavy (non-hydrogen) atoms. The standard InChI is InChI=1S/C11H16INO/c1-14-8-7-13-6-5-10-3-2-4-11(12)9-10/h2-4,9,13H,5-8H2,1H3. The summed E-state index contributed by atoms with van der Waals surface area (Å²) >= 11 is 2.34. The van der Waals surface area contributed by atoms with E-state index in [1.54, 1.807) is 7.11 Å². The summed E-state index contributed by atoms with van der Waals surface area (Å²) in [5.74, 6) is 0. The van der Waals surface area contributed by atoms with Crippen molar-refractivity contribution in [2.75, 3.05) is 26.8 Å². The van der Waals surface area contributed by atoms with E-state index in [-0.39, 0.29) is 0 Å². The van der Waals surface area contributed by atoms with Crippen LogP contribution in [0.5, 0.6) is 0 Å². The molecule has 0 saturated carbocycles. The second-order valence-electron chi connectivity index (χ2n) is 3.12. The van der Waals surface area contributed by atoms with E-state index in [9.17, 15) is 0 Å². The maximum Gasteiger partial charge on any atom is 0.0587 e. The Bertz CT molecular complexity index is 265. The van der Waals surface area contributed by atoms with Crippen LogP contribution in [0.2, 0.25) is 0 Å². The summed E-state index contributed by atoms with van der Waals surface area (Å²) in [4.78, 5) is 0. The molecule has 3 heteroatoms. The maximum absolute atomic E-state index is 4.95. The molecule has 0 atom stereocenters. The first-order valence-electron chi connectivity index (χ1n) is 4.77. The van der Waals surface area contributed by atoms with Crippen molar-refractivity contribution in [2.24, 2.45) is 0 Å². The molecule has 1 N–H and O–H groups in total. The Morgan fingerprint density at radius 1 is 1.36 bits per heavy atom. The molecule has 0 fully saturated rings. The summed E-state index contributed by atoms with van der Waals surface area (Å²) in [6.45, 7) is 2.73. The number of ether oxygens (including phenoxy) is 1. The van der Waals surface area contributed by atoms with E-state index < -0.39 is 0 Å². The molecule has 0 aliphatic heterocycles. The van der Waals surface area contributed by atoms with Gasteiger partial charge in [0, 0.05) is 17.2 Å². The second kappa shape index (κ2) is 7.20. The Hall–Kier alpha value is -0.130. The zero-order valence-corrected chi connectivity index (χ0v) is 10.6. The lowest BCUT2D eigenvalue weighted by Crippen LogP contribution is -2.21. The molecule has 78 valence electrons. The molecule has 0 aromatic heterocycles. The van der Waals surface area contributed by atoms with Gasteiger partial charge in [-0.2, -0.15) is 0 Å². The third-order valence-electron chi connectivity index (χ3n) is 1.96. The smallest absolute Gasteiger partial charge is 0.0587 e. The molecule has 1 rings (SSSR count). The van der Waals surface area contributed by atoms with Crippen LogP contribution in [-0.2, 0) is 11.2 Å². The first-order chi connectivity index (χ1) is 6.83. The first-order valence-corrected chi connectivity index (χ1v) is 5.85. The van der Waals surface area contributed by atoms with Crippen LogP contribution >= 0.6 is 22.6 Å². The normalized spacial score (nSPS) is 10.4. The molecule has 1 aromatic rings. The molecular weight excluding hydrogens is 289 g/mol. The minimum atomic E-state index is 0.784. The number of methoxy groups -OCH3 is 1. The van der Waals surface area contributed by atoms with Crippen molar-refractivity contribution >= 4 is 22.6 Å². The number of halogens is 1. The van der Waals surface area contributed by atoms with Gasteiger partial charge in [-0.3, -0.25) is 0 Å². The van der Waals surface area contributed by atoms with Crippen molar-refractivity contribution < 1.29 is 4.74 Å². The van der Waals surface area contributed by atoms with Gasteiger partial charge in [0.05, 0.1) is 6.61 Å². The molecule has 0 radical (unpaired) electrons. The third kappa shape index (κ3) is 4.93. The number of benzene rings is 1. The van der Waals surface area contributed by atoms with E-state index in [0.29, 0.717) is 0 Å². The monoisotopic (exact) mass is 305 g/mol. The highest BCUT2D eigenvalue weighted by Gasteiger charge is 1.93. The largest absolute Gasteiger partial charge is 0.383 e. The zero-order chi connectivity index (χ0) is 10.2. The van der Waals surface area contributed by atoms with Gasteiger partial charge in [0.25, 0.3) is 0 Å². The summed E-state index contributed by atoms with van der Waals surface area (Å²) in [6.07, 6.45) is 1.08. The molecule has 2 nitrogen and oxygen atoms in total. The number of hydrogen-bond donors (Lipinski definition) is 1. The molecular formula is C11H16INO. The van der Waals surface area contributed by atoms with Gasteiger partial charge in [0.15, 0.2) is 0 Å². The van der Waals surface area contributed by atoms with E-state index in [1.165, 1.54) is 9.13 Å². The zero-order valence-electron chi connectivity index (χ0n) is 8.42. The van der Waals surface area contributed by atoms with E-state index >= 15 is 0 Å². The van der Waals surface area contributed by atoms with Crippen molar-refractivity contribution in [1.82, 2.24) is 5.32 Å². The van der Waals surface area contributed by atoms with Gasteiger partial charge in [-0.15, -0.1) is 0 Å². The predicted molar refractivity (Wildman–Crippen MR) is 67.6 cm³/mol. The van der Waals surface area contributed by atoms with Crippen molar-refractivity contribution in [3.8, 4) is 0 Å². The second-order valence-corrected chi connectivity index (χ2v) is 4.37. The lowest BCUT2D eigenvalue weighted by Gasteiger charge is -2.04. The van der Waals surface area contributed by atoms with Crippen molar-refractivity contribution in [3.63, 3.8) is 0 Å². The van der Waals surface area contributed by atoms with Gasteiger partial charge in [-0.1, -0.05) is 12.1 Å². The lowest BCUT2D eigenvalue weighted by molar-refractivity contribution is 0.199. The highest BCUT2D eigenvalue weighted by atomic mass is 127. The van der Waals surface area contributed by atoms with E-state index in [1.807, 2.05) is 0 Å². The highest BCUT2D eigenvalue weighted by molar-refractivity contribution is 14.1. The van der Waals surface area contributed by atoms with Crippen LogP contribution < -0.4 is 5.32 Å². The maximum atomic E-state index is 4.95. The number of rotatable bonds is 6. The topological polar surface area (TPSA) is 21.3 Å². The van der Waals surface area contributed by atoms with Gasteiger partial charge in [-0.05, 0) is 53.3 Å². The van der Waals surface area contributed by atoms with E-state index in [0.717, 1.165) is 26.1 Å². The van der Waals surface area contributed by atoms with E-state index in [4.69, 9.17) is 4.74 Å². The summed E-state index contributed by atoms with van der Waals surface area (Å²) < 4.78 is 6.25. The molecule has 0 saturated heterocycles. The predicted octanol–water partition coefficient (Wildman–Crippen LogP) is 2.07. The first kappa shape index (κ1) is 11.9.